The van der Waals surface area contributed by atoms with Crippen LogP contribution in [0.5, 0.6) is 0 Å². The lowest BCUT2D eigenvalue weighted by Gasteiger charge is -2.16. The summed E-state index contributed by atoms with van der Waals surface area (Å²) in [6.45, 7) is 2.58. The zero-order valence-electron chi connectivity index (χ0n) is 18.1. The Morgan fingerprint density at radius 1 is 1.06 bits per heavy atom. The summed E-state index contributed by atoms with van der Waals surface area (Å²) in [6.07, 6.45) is 0. The van der Waals surface area contributed by atoms with Crippen LogP contribution in [-0.4, -0.2) is 42.8 Å². The standard InChI is InChI=1S/C24H21N5O2S2/c1-16-9-11-17(12-10-16)28-22(31)19-7-3-4-8-20(19)29-23(28)25-26-24(29)33-15-21(30)27(2)14-18-6-5-13-32-18/h3-13H,14-15H2,1-2H3. The highest BCUT2D eigenvalue weighted by Gasteiger charge is 2.19. The Bertz CT molecular complexity index is 1500. The first-order valence-electron chi connectivity index (χ1n) is 10.4. The number of aromatic nitrogens is 4. The Labute approximate surface area is 198 Å². The Morgan fingerprint density at radius 3 is 2.61 bits per heavy atom. The van der Waals surface area contributed by atoms with Gasteiger partial charge in [-0.1, -0.05) is 47.7 Å². The second-order valence-corrected chi connectivity index (χ2v) is 9.70. The topological polar surface area (TPSA) is 72.5 Å². The molecule has 0 unspecified atom stereocenters. The molecule has 2 aromatic carbocycles. The molecule has 166 valence electrons. The van der Waals surface area contributed by atoms with Crippen molar-refractivity contribution in [2.24, 2.45) is 0 Å². The van der Waals surface area contributed by atoms with Gasteiger partial charge in [0.15, 0.2) is 5.16 Å². The van der Waals surface area contributed by atoms with Gasteiger partial charge in [0.1, 0.15) is 0 Å². The predicted molar refractivity (Wildman–Crippen MR) is 132 cm³/mol. The lowest BCUT2D eigenvalue weighted by molar-refractivity contribution is -0.127. The molecule has 0 saturated heterocycles. The number of hydrogen-bond acceptors (Lipinski definition) is 6. The Kier molecular flexibility index (Phi) is 5.74. The van der Waals surface area contributed by atoms with Gasteiger partial charge in [-0.2, -0.15) is 0 Å². The molecule has 0 atom stereocenters. The number of carbonyl (C=O) groups excluding carboxylic acids is 1. The number of carbonyl (C=O) groups is 1. The van der Waals surface area contributed by atoms with Gasteiger partial charge >= 0.3 is 0 Å². The molecule has 33 heavy (non-hydrogen) atoms. The summed E-state index contributed by atoms with van der Waals surface area (Å²) in [5.74, 6) is 0.645. The van der Waals surface area contributed by atoms with E-state index in [1.807, 2.05) is 71.3 Å². The van der Waals surface area contributed by atoms with Crippen molar-refractivity contribution in [2.75, 3.05) is 12.8 Å². The molecule has 9 heteroatoms. The largest absolute Gasteiger partial charge is 0.340 e. The highest BCUT2D eigenvalue weighted by atomic mass is 32.2. The van der Waals surface area contributed by atoms with E-state index in [0.29, 0.717) is 28.4 Å². The van der Waals surface area contributed by atoms with E-state index >= 15 is 0 Å². The van der Waals surface area contributed by atoms with Gasteiger partial charge < -0.3 is 4.90 Å². The highest BCUT2D eigenvalue weighted by molar-refractivity contribution is 7.99. The van der Waals surface area contributed by atoms with Crippen LogP contribution in [0.15, 0.2) is 76.0 Å². The predicted octanol–water partition coefficient (Wildman–Crippen LogP) is 4.15. The maximum Gasteiger partial charge on any atom is 0.267 e. The lowest BCUT2D eigenvalue weighted by Crippen LogP contribution is -2.27. The number of rotatable bonds is 6. The van der Waals surface area contributed by atoms with Crippen molar-refractivity contribution in [3.05, 3.63) is 86.8 Å². The normalized spacial score (nSPS) is 11.3. The molecule has 0 spiro atoms. The number of benzene rings is 2. The zero-order chi connectivity index (χ0) is 22.9. The van der Waals surface area contributed by atoms with E-state index in [2.05, 4.69) is 10.2 Å². The molecule has 0 fully saturated rings. The fourth-order valence-corrected chi connectivity index (χ4v) is 5.30. The average molecular weight is 476 g/mol. The number of amides is 1. The summed E-state index contributed by atoms with van der Waals surface area (Å²) < 4.78 is 3.43. The van der Waals surface area contributed by atoms with Crippen LogP contribution in [-0.2, 0) is 11.3 Å². The molecule has 0 radical (unpaired) electrons. The number of thioether (sulfide) groups is 1. The molecular formula is C24H21N5O2S2. The van der Waals surface area contributed by atoms with Gasteiger partial charge in [0.2, 0.25) is 11.7 Å². The maximum atomic E-state index is 13.4. The van der Waals surface area contributed by atoms with Crippen LogP contribution < -0.4 is 5.56 Å². The van der Waals surface area contributed by atoms with Crippen molar-refractivity contribution in [3.8, 4) is 5.69 Å². The third kappa shape index (κ3) is 4.05. The minimum absolute atomic E-state index is 0.00121. The van der Waals surface area contributed by atoms with Crippen LogP contribution in [0.4, 0.5) is 0 Å². The highest BCUT2D eigenvalue weighted by Crippen LogP contribution is 2.24. The molecule has 3 heterocycles. The molecule has 0 aliphatic heterocycles. The first-order chi connectivity index (χ1) is 16.0. The number of thiophene rings is 1. The number of hydrogen-bond donors (Lipinski definition) is 0. The van der Waals surface area contributed by atoms with Crippen LogP contribution >= 0.6 is 23.1 Å². The molecule has 0 bridgehead atoms. The van der Waals surface area contributed by atoms with Crippen molar-refractivity contribution >= 4 is 45.7 Å². The second-order valence-electron chi connectivity index (χ2n) is 7.73. The van der Waals surface area contributed by atoms with E-state index in [9.17, 15) is 9.59 Å². The number of fused-ring (bicyclic) bond motifs is 3. The third-order valence-corrected chi connectivity index (χ3v) is 7.19. The van der Waals surface area contributed by atoms with E-state index in [4.69, 9.17) is 0 Å². The molecule has 0 saturated carbocycles. The molecule has 5 aromatic rings. The van der Waals surface area contributed by atoms with Gasteiger partial charge in [0.05, 0.1) is 28.9 Å². The van der Waals surface area contributed by atoms with Gasteiger partial charge in [0, 0.05) is 11.9 Å². The SMILES string of the molecule is Cc1ccc(-n2c(=O)c3ccccc3n3c(SCC(=O)N(C)Cc4cccs4)nnc23)cc1. The molecule has 5 rings (SSSR count). The van der Waals surface area contributed by atoms with Crippen molar-refractivity contribution in [3.63, 3.8) is 0 Å². The van der Waals surface area contributed by atoms with Crippen LogP contribution in [0, 0.1) is 6.92 Å². The van der Waals surface area contributed by atoms with Crippen molar-refractivity contribution in [2.45, 2.75) is 18.6 Å². The van der Waals surface area contributed by atoms with E-state index in [1.54, 1.807) is 33.9 Å². The first-order valence-corrected chi connectivity index (χ1v) is 12.2. The Morgan fingerprint density at radius 2 is 1.85 bits per heavy atom. The minimum atomic E-state index is -0.155. The van der Waals surface area contributed by atoms with Crippen molar-refractivity contribution < 1.29 is 4.79 Å². The van der Waals surface area contributed by atoms with E-state index in [0.717, 1.165) is 16.1 Å². The first kappa shape index (κ1) is 21.4. The van der Waals surface area contributed by atoms with E-state index < -0.39 is 0 Å². The quantitative estimate of drug-likeness (QED) is 0.345. The number of aryl methyl sites for hydroxylation is 1. The van der Waals surface area contributed by atoms with Gasteiger partial charge in [-0.3, -0.25) is 14.0 Å². The molecule has 3 aromatic heterocycles. The van der Waals surface area contributed by atoms with Crippen LogP contribution in [0.25, 0.3) is 22.4 Å². The van der Waals surface area contributed by atoms with E-state index in [1.165, 1.54) is 11.8 Å². The molecule has 0 N–H and O–H groups in total. The summed E-state index contributed by atoms with van der Waals surface area (Å²) in [6, 6.07) is 19.1. The maximum absolute atomic E-state index is 13.4. The Balaban J connectivity index is 1.53. The Hall–Kier alpha value is -3.43. The van der Waals surface area contributed by atoms with Gasteiger partial charge in [0.25, 0.3) is 5.56 Å². The van der Waals surface area contributed by atoms with Crippen LogP contribution in [0.3, 0.4) is 0 Å². The third-order valence-electron chi connectivity index (χ3n) is 5.41. The zero-order valence-corrected chi connectivity index (χ0v) is 19.8. The lowest BCUT2D eigenvalue weighted by atomic mass is 10.2. The summed E-state index contributed by atoms with van der Waals surface area (Å²) in [5.41, 5.74) is 2.38. The van der Waals surface area contributed by atoms with Crippen LogP contribution in [0.1, 0.15) is 10.4 Å². The van der Waals surface area contributed by atoms with Crippen LogP contribution in [0.2, 0.25) is 0 Å². The second kappa shape index (κ2) is 8.84. The van der Waals surface area contributed by atoms with Gasteiger partial charge in [-0.25, -0.2) is 4.57 Å². The fraction of sp³-hybridized carbons (Fsp3) is 0.167. The monoisotopic (exact) mass is 475 g/mol. The molecule has 0 aliphatic carbocycles. The van der Waals surface area contributed by atoms with Gasteiger partial charge in [-0.05, 0) is 42.6 Å². The molecule has 0 aliphatic rings. The van der Waals surface area contributed by atoms with E-state index in [-0.39, 0.29) is 17.2 Å². The average Bonchev–Trinajstić information content (AvgIpc) is 3.49. The summed E-state index contributed by atoms with van der Waals surface area (Å²) in [7, 11) is 1.80. The fourth-order valence-electron chi connectivity index (χ4n) is 3.66. The van der Waals surface area contributed by atoms with Crippen molar-refractivity contribution in [1.29, 1.82) is 0 Å². The minimum Gasteiger partial charge on any atom is -0.340 e. The molecule has 1 amide bonds. The smallest absolute Gasteiger partial charge is 0.267 e. The summed E-state index contributed by atoms with van der Waals surface area (Å²) in [4.78, 5) is 28.9. The molecular weight excluding hydrogens is 454 g/mol. The summed E-state index contributed by atoms with van der Waals surface area (Å²) in [5, 5.41) is 11.8. The number of nitrogens with zero attached hydrogens (tertiary/aromatic N) is 5. The number of para-hydroxylation sites is 1. The van der Waals surface area contributed by atoms with Crippen molar-refractivity contribution in [1.82, 2.24) is 24.1 Å². The van der Waals surface area contributed by atoms with Gasteiger partial charge in [-0.15, -0.1) is 21.5 Å². The molecule has 7 nitrogen and oxygen atoms in total. The summed E-state index contributed by atoms with van der Waals surface area (Å²) >= 11 is 2.95.